The molecule has 1 unspecified atom stereocenters. The van der Waals surface area contributed by atoms with E-state index in [0.717, 1.165) is 11.8 Å². The van der Waals surface area contributed by atoms with Crippen LogP contribution in [-0.2, 0) is 4.79 Å². The molecule has 2 N–H and O–H groups in total. The third-order valence-electron chi connectivity index (χ3n) is 5.37. The smallest absolute Gasteiger partial charge is 0.389 e. The highest BCUT2D eigenvalue weighted by atomic mass is 35.5. The molecule has 11 heteroatoms. The number of nitrogens with one attached hydrogen (secondary N) is 2. The molecular formula is C25H22Cl2F3N3O2S. The quantitative estimate of drug-likeness (QED) is 0.331. The van der Waals surface area contributed by atoms with Crippen molar-refractivity contribution in [3.05, 3.63) is 79.9 Å². The van der Waals surface area contributed by atoms with Gasteiger partial charge < -0.3 is 15.4 Å². The number of alkyl halides is 3. The predicted molar refractivity (Wildman–Crippen MR) is 137 cm³/mol. The van der Waals surface area contributed by atoms with Crippen LogP contribution in [0.2, 0.25) is 10.0 Å². The van der Waals surface area contributed by atoms with Crippen LogP contribution in [0.1, 0.15) is 31.2 Å². The van der Waals surface area contributed by atoms with Gasteiger partial charge in [0.2, 0.25) is 0 Å². The van der Waals surface area contributed by atoms with Gasteiger partial charge in [-0.1, -0.05) is 41.4 Å². The number of halogens is 5. The molecule has 1 amide bonds. The summed E-state index contributed by atoms with van der Waals surface area (Å²) in [7, 11) is 1.48. The fourth-order valence-corrected chi connectivity index (χ4v) is 5.31. The normalized spacial score (nSPS) is 15.9. The number of hydrogen-bond donors (Lipinski definition) is 2. The van der Waals surface area contributed by atoms with Crippen LogP contribution in [0.3, 0.4) is 0 Å². The summed E-state index contributed by atoms with van der Waals surface area (Å²) in [5.41, 5.74) is 1.75. The molecule has 0 fully saturated rings. The van der Waals surface area contributed by atoms with Crippen LogP contribution in [0, 0.1) is 11.3 Å². The number of nitriles is 1. The average molecular weight is 556 g/mol. The molecular weight excluding hydrogens is 534 g/mol. The molecule has 5 nitrogen and oxygen atoms in total. The predicted octanol–water partition coefficient (Wildman–Crippen LogP) is 7.41. The summed E-state index contributed by atoms with van der Waals surface area (Å²) in [6.07, 6.45) is -5.30. The van der Waals surface area contributed by atoms with E-state index in [4.69, 9.17) is 27.9 Å². The molecule has 1 aliphatic rings. The number of thioether (sulfide) groups is 1. The highest BCUT2D eigenvalue weighted by molar-refractivity contribution is 8.03. The number of rotatable bonds is 8. The zero-order valence-corrected chi connectivity index (χ0v) is 21.6. The first-order valence-corrected chi connectivity index (χ1v) is 12.5. The number of anilines is 1. The Kier molecular flexibility index (Phi) is 9.23. The van der Waals surface area contributed by atoms with Crippen molar-refractivity contribution in [1.29, 1.82) is 5.26 Å². The molecule has 3 rings (SSSR count). The van der Waals surface area contributed by atoms with E-state index >= 15 is 0 Å². The van der Waals surface area contributed by atoms with Crippen molar-refractivity contribution in [2.24, 2.45) is 0 Å². The molecule has 1 heterocycles. The molecule has 0 radical (unpaired) electrons. The molecule has 0 spiro atoms. The van der Waals surface area contributed by atoms with Gasteiger partial charge in [0.1, 0.15) is 5.75 Å². The van der Waals surface area contributed by atoms with Gasteiger partial charge in [-0.2, -0.15) is 18.4 Å². The fourth-order valence-electron chi connectivity index (χ4n) is 3.76. The van der Waals surface area contributed by atoms with Gasteiger partial charge in [0, 0.05) is 27.7 Å². The number of para-hydroxylation sites is 2. The Labute approximate surface area is 221 Å². The van der Waals surface area contributed by atoms with Gasteiger partial charge in [-0.15, -0.1) is 11.8 Å². The molecule has 36 heavy (non-hydrogen) atoms. The van der Waals surface area contributed by atoms with Gasteiger partial charge >= 0.3 is 6.18 Å². The van der Waals surface area contributed by atoms with Crippen molar-refractivity contribution >= 4 is 46.6 Å². The number of carbonyl (C=O) groups excluding carboxylic acids is 1. The van der Waals surface area contributed by atoms with E-state index in [0.29, 0.717) is 32.7 Å². The van der Waals surface area contributed by atoms with Crippen molar-refractivity contribution in [3.63, 3.8) is 0 Å². The molecule has 1 aliphatic heterocycles. The molecule has 0 bridgehead atoms. The van der Waals surface area contributed by atoms with Crippen molar-refractivity contribution in [2.45, 2.75) is 31.9 Å². The second-order valence-electron chi connectivity index (χ2n) is 7.84. The van der Waals surface area contributed by atoms with E-state index in [1.807, 2.05) is 0 Å². The second-order valence-corrected chi connectivity index (χ2v) is 9.79. The van der Waals surface area contributed by atoms with Gasteiger partial charge in [-0.3, -0.25) is 4.79 Å². The summed E-state index contributed by atoms with van der Waals surface area (Å²) in [5.74, 6) is -0.787. The van der Waals surface area contributed by atoms with E-state index in [1.54, 1.807) is 43.3 Å². The Morgan fingerprint density at radius 1 is 1.25 bits per heavy atom. The molecule has 190 valence electrons. The molecule has 0 aliphatic carbocycles. The minimum atomic E-state index is -4.26. The van der Waals surface area contributed by atoms with E-state index in [-0.39, 0.29) is 28.3 Å². The van der Waals surface area contributed by atoms with Crippen molar-refractivity contribution in [2.75, 3.05) is 18.2 Å². The summed E-state index contributed by atoms with van der Waals surface area (Å²) in [6, 6.07) is 13.7. The summed E-state index contributed by atoms with van der Waals surface area (Å²) in [5, 5.41) is 17.0. The highest BCUT2D eigenvalue weighted by Gasteiger charge is 2.36. The molecule has 0 saturated carbocycles. The number of amides is 1. The van der Waals surface area contributed by atoms with E-state index in [1.165, 1.54) is 13.2 Å². The molecule has 2 aromatic rings. The van der Waals surface area contributed by atoms with E-state index in [9.17, 15) is 23.2 Å². The Hall–Kier alpha value is -2.80. The summed E-state index contributed by atoms with van der Waals surface area (Å²) in [4.78, 5) is 13.5. The minimum Gasteiger partial charge on any atom is -0.495 e. The second kappa shape index (κ2) is 12.0. The first-order valence-electron chi connectivity index (χ1n) is 10.8. The highest BCUT2D eigenvalue weighted by Crippen LogP contribution is 2.44. The number of nitrogens with zero attached hydrogens (tertiary/aromatic N) is 1. The van der Waals surface area contributed by atoms with Crippen LogP contribution in [0.5, 0.6) is 5.75 Å². The number of allylic oxidation sites excluding steroid dienone is 2. The largest absolute Gasteiger partial charge is 0.495 e. The Morgan fingerprint density at radius 2 is 1.97 bits per heavy atom. The monoisotopic (exact) mass is 555 g/mol. The fraction of sp³-hybridized carbons (Fsp3) is 0.280. The van der Waals surface area contributed by atoms with Crippen LogP contribution in [0.4, 0.5) is 18.9 Å². The number of methoxy groups -OCH3 is 1. The topological polar surface area (TPSA) is 74.2 Å². The van der Waals surface area contributed by atoms with E-state index < -0.39 is 24.4 Å². The summed E-state index contributed by atoms with van der Waals surface area (Å²) >= 11 is 13.7. The third-order valence-corrected chi connectivity index (χ3v) is 7.04. The maximum Gasteiger partial charge on any atom is 0.389 e. The number of hydrogen-bond acceptors (Lipinski definition) is 5. The Morgan fingerprint density at radius 3 is 2.61 bits per heavy atom. The van der Waals surface area contributed by atoms with Gasteiger partial charge in [0.15, 0.2) is 0 Å². The first kappa shape index (κ1) is 27.8. The zero-order chi connectivity index (χ0) is 26.5. The lowest BCUT2D eigenvalue weighted by Gasteiger charge is -2.30. The van der Waals surface area contributed by atoms with Gasteiger partial charge in [-0.05, 0) is 48.9 Å². The van der Waals surface area contributed by atoms with Crippen LogP contribution in [0.15, 0.2) is 64.3 Å². The van der Waals surface area contributed by atoms with Crippen LogP contribution in [0.25, 0.3) is 0 Å². The van der Waals surface area contributed by atoms with E-state index in [2.05, 4.69) is 16.7 Å². The SMILES string of the molecule is COc1ccccc1NC(=O)C1=C(C)NC(SCCCC(F)(F)F)=C(C#N)C1c1ccc(Cl)cc1Cl. The lowest BCUT2D eigenvalue weighted by Crippen LogP contribution is -2.31. The Balaban J connectivity index is 2.02. The van der Waals surface area contributed by atoms with Crippen molar-refractivity contribution < 1.29 is 22.7 Å². The van der Waals surface area contributed by atoms with Crippen LogP contribution >= 0.6 is 35.0 Å². The van der Waals surface area contributed by atoms with Gasteiger partial charge in [0.25, 0.3) is 5.91 Å². The number of benzene rings is 2. The molecule has 1 atom stereocenters. The zero-order valence-electron chi connectivity index (χ0n) is 19.3. The van der Waals surface area contributed by atoms with Crippen LogP contribution < -0.4 is 15.4 Å². The maximum atomic E-state index is 13.5. The number of ether oxygens (including phenoxy) is 1. The third kappa shape index (κ3) is 6.69. The standard InChI is InChI=1S/C25H22Cl2F3N3O2S/c1-14-21(23(34)33-19-6-3-4-7-20(19)35-2)22(16-9-8-15(26)12-18(16)27)17(13-31)24(32-14)36-11-5-10-25(28,29)30/h3-4,6-9,12,22,32H,5,10-11H2,1-2H3,(H,33,34). The average Bonchev–Trinajstić information content (AvgIpc) is 2.81. The Bertz CT molecular complexity index is 1260. The van der Waals surface area contributed by atoms with Crippen LogP contribution in [-0.4, -0.2) is 24.9 Å². The lowest BCUT2D eigenvalue weighted by atomic mass is 9.82. The minimum absolute atomic E-state index is 0.117. The molecule has 0 saturated heterocycles. The molecule has 2 aromatic carbocycles. The first-order chi connectivity index (χ1) is 17.1. The maximum absolute atomic E-state index is 13.5. The van der Waals surface area contributed by atoms with Crippen molar-refractivity contribution in [3.8, 4) is 11.8 Å². The van der Waals surface area contributed by atoms with Gasteiger partial charge in [0.05, 0.1) is 35.4 Å². The summed E-state index contributed by atoms with van der Waals surface area (Å²) < 4.78 is 43.1. The summed E-state index contributed by atoms with van der Waals surface area (Å²) in [6.45, 7) is 1.67. The number of carbonyl (C=O) groups is 1. The molecule has 0 aromatic heterocycles. The van der Waals surface area contributed by atoms with Crippen molar-refractivity contribution in [1.82, 2.24) is 5.32 Å². The lowest BCUT2D eigenvalue weighted by molar-refractivity contribution is -0.134. The van der Waals surface area contributed by atoms with Gasteiger partial charge in [-0.25, -0.2) is 0 Å². The number of dihydropyridines is 1.